The minimum Gasteiger partial charge on any atom is -0.452 e. The number of carbonyl (C=O) groups excluding carboxylic acids is 3. The number of ether oxygens (including phenoxy) is 2. The molecular weight excluding hydrogens is 456 g/mol. The number of hydrogen-bond acceptors (Lipinski definition) is 8. The number of nitrogens with zero attached hydrogens (tertiary/aromatic N) is 1. The summed E-state index contributed by atoms with van der Waals surface area (Å²) in [7, 11) is -0.542. The second-order valence-electron chi connectivity index (χ2n) is 6.63. The standard InChI is InChI=1S/C19H20N4O5.CH4O3S/c1-23(2)16(24)11-27-17(25)12-5-9-15(10-6-12)28-18(26)13-3-7-14(8-4-13)22-19(20)21;1-5(2,3)4/h3-10H,11H2,1-2H3,(H4,20,21,22);1H3,(H,2,3,4). The lowest BCUT2D eigenvalue weighted by Crippen LogP contribution is -2.27. The Labute approximate surface area is 190 Å². The summed E-state index contributed by atoms with van der Waals surface area (Å²) < 4.78 is 36.0. The molecule has 0 heterocycles. The lowest BCUT2D eigenvalue weighted by atomic mass is 10.2. The first-order chi connectivity index (χ1) is 15.3. The Kier molecular flexibility index (Phi) is 9.98. The smallest absolute Gasteiger partial charge is 0.343 e. The van der Waals surface area contributed by atoms with Crippen molar-refractivity contribution in [1.82, 2.24) is 4.90 Å². The van der Waals surface area contributed by atoms with Crippen molar-refractivity contribution >= 4 is 39.6 Å². The minimum absolute atomic E-state index is 0.208. The molecule has 0 atom stereocenters. The number of benzene rings is 2. The zero-order valence-electron chi connectivity index (χ0n) is 18.1. The zero-order chi connectivity index (χ0) is 25.2. The fourth-order valence-electron chi connectivity index (χ4n) is 2.01. The van der Waals surface area contributed by atoms with Crippen molar-refractivity contribution in [2.45, 2.75) is 0 Å². The quantitative estimate of drug-likeness (QED) is 0.152. The molecule has 2 aromatic carbocycles. The molecule has 33 heavy (non-hydrogen) atoms. The van der Waals surface area contributed by atoms with Crippen LogP contribution in [0.15, 0.2) is 48.5 Å². The zero-order valence-corrected chi connectivity index (χ0v) is 18.9. The molecule has 2 rings (SSSR count). The number of amides is 1. The highest BCUT2D eigenvalue weighted by molar-refractivity contribution is 7.85. The first-order valence-corrected chi connectivity index (χ1v) is 10.9. The van der Waals surface area contributed by atoms with Crippen molar-refractivity contribution < 1.29 is 36.8 Å². The highest BCUT2D eigenvalue weighted by atomic mass is 32.2. The van der Waals surface area contributed by atoms with E-state index in [9.17, 15) is 22.8 Å². The van der Waals surface area contributed by atoms with Gasteiger partial charge in [-0.05, 0) is 48.5 Å². The number of anilines is 1. The number of nitrogens with one attached hydrogen (secondary N) is 2. The van der Waals surface area contributed by atoms with Crippen LogP contribution >= 0.6 is 0 Å². The van der Waals surface area contributed by atoms with Crippen LogP contribution in [0, 0.1) is 5.41 Å². The summed E-state index contributed by atoms with van der Waals surface area (Å²) in [6, 6.07) is 12.0. The summed E-state index contributed by atoms with van der Waals surface area (Å²) in [6.07, 6.45) is 0.715. The van der Waals surface area contributed by atoms with Crippen molar-refractivity contribution in [2.75, 3.05) is 32.3 Å². The van der Waals surface area contributed by atoms with Crippen molar-refractivity contribution in [3.63, 3.8) is 0 Å². The van der Waals surface area contributed by atoms with Crippen molar-refractivity contribution in [1.29, 1.82) is 5.41 Å². The maximum atomic E-state index is 12.2. The second kappa shape index (κ2) is 12.2. The fourth-order valence-corrected chi connectivity index (χ4v) is 2.01. The summed E-state index contributed by atoms with van der Waals surface area (Å²) in [6.45, 7) is -0.350. The van der Waals surface area contributed by atoms with Crippen LogP contribution in [0.1, 0.15) is 20.7 Å². The Bertz CT molecular complexity index is 1090. The van der Waals surface area contributed by atoms with E-state index < -0.39 is 22.1 Å². The highest BCUT2D eigenvalue weighted by Crippen LogP contribution is 2.16. The van der Waals surface area contributed by atoms with Gasteiger partial charge >= 0.3 is 11.9 Å². The molecule has 0 fully saturated rings. The Balaban J connectivity index is 0.000000981. The van der Waals surface area contributed by atoms with Gasteiger partial charge in [0.1, 0.15) is 5.75 Å². The molecule has 0 aliphatic carbocycles. The van der Waals surface area contributed by atoms with Gasteiger partial charge in [-0.3, -0.25) is 14.8 Å². The van der Waals surface area contributed by atoms with Crippen LogP contribution in [0.3, 0.4) is 0 Å². The Hall–Kier alpha value is -3.97. The van der Waals surface area contributed by atoms with Crippen LogP contribution in [0.4, 0.5) is 5.69 Å². The van der Waals surface area contributed by atoms with E-state index in [1.54, 1.807) is 26.2 Å². The summed E-state index contributed by atoms with van der Waals surface area (Å²) in [5.74, 6) is -1.52. The minimum atomic E-state index is -3.67. The fraction of sp³-hybridized carbons (Fsp3) is 0.200. The Morgan fingerprint density at radius 3 is 1.91 bits per heavy atom. The number of guanidine groups is 1. The van der Waals surface area contributed by atoms with E-state index >= 15 is 0 Å². The van der Waals surface area contributed by atoms with E-state index in [2.05, 4.69) is 5.32 Å². The monoisotopic (exact) mass is 480 g/mol. The molecule has 0 saturated heterocycles. The maximum absolute atomic E-state index is 12.2. The van der Waals surface area contributed by atoms with Crippen molar-refractivity contribution in [3.05, 3.63) is 59.7 Å². The molecule has 0 aliphatic heterocycles. The molecule has 0 unspecified atom stereocenters. The molecule has 0 radical (unpaired) electrons. The lowest BCUT2D eigenvalue weighted by Gasteiger charge is -2.10. The summed E-state index contributed by atoms with van der Waals surface area (Å²) in [5, 5.41) is 9.76. The lowest BCUT2D eigenvalue weighted by molar-refractivity contribution is -0.131. The summed E-state index contributed by atoms with van der Waals surface area (Å²) >= 11 is 0. The van der Waals surface area contributed by atoms with Crippen LogP contribution in [0.5, 0.6) is 5.75 Å². The van der Waals surface area contributed by atoms with Gasteiger partial charge in [0.25, 0.3) is 16.0 Å². The predicted molar refractivity (Wildman–Crippen MR) is 120 cm³/mol. The molecule has 0 aromatic heterocycles. The molecule has 0 saturated carbocycles. The van der Waals surface area contributed by atoms with E-state index in [-0.39, 0.29) is 29.8 Å². The normalized spacial score (nSPS) is 10.2. The number of likely N-dealkylation sites (N-methyl/N-ethyl adjacent to an activating group) is 1. The van der Waals surface area contributed by atoms with Gasteiger partial charge in [0.2, 0.25) is 0 Å². The molecule has 1 amide bonds. The molecule has 5 N–H and O–H groups in total. The van der Waals surface area contributed by atoms with Crippen LogP contribution in [-0.2, 0) is 19.6 Å². The largest absolute Gasteiger partial charge is 0.452 e. The number of esters is 2. The summed E-state index contributed by atoms with van der Waals surface area (Å²) in [5.41, 5.74) is 6.34. The van der Waals surface area contributed by atoms with E-state index in [4.69, 9.17) is 25.2 Å². The number of nitrogens with two attached hydrogens (primary N) is 1. The van der Waals surface area contributed by atoms with Gasteiger partial charge in [0.05, 0.1) is 17.4 Å². The topological polar surface area (TPSA) is 189 Å². The molecule has 12 nitrogen and oxygen atoms in total. The van der Waals surface area contributed by atoms with E-state index in [1.165, 1.54) is 41.3 Å². The second-order valence-corrected chi connectivity index (χ2v) is 8.09. The highest BCUT2D eigenvalue weighted by Gasteiger charge is 2.13. The molecule has 13 heteroatoms. The van der Waals surface area contributed by atoms with E-state index in [0.29, 0.717) is 17.5 Å². The van der Waals surface area contributed by atoms with Crippen LogP contribution < -0.4 is 15.8 Å². The van der Waals surface area contributed by atoms with Gasteiger partial charge in [-0.25, -0.2) is 9.59 Å². The third-order valence-corrected chi connectivity index (χ3v) is 3.53. The first-order valence-electron chi connectivity index (χ1n) is 9.09. The van der Waals surface area contributed by atoms with Crippen molar-refractivity contribution in [3.8, 4) is 5.75 Å². The molecule has 178 valence electrons. The van der Waals surface area contributed by atoms with Crippen LogP contribution in [0.25, 0.3) is 0 Å². The van der Waals surface area contributed by atoms with Crippen LogP contribution in [0.2, 0.25) is 0 Å². The van der Waals surface area contributed by atoms with E-state index in [1.807, 2.05) is 0 Å². The third kappa shape index (κ3) is 11.3. The van der Waals surface area contributed by atoms with Gasteiger partial charge in [-0.15, -0.1) is 0 Å². The van der Waals surface area contributed by atoms with Crippen LogP contribution in [-0.4, -0.2) is 68.6 Å². The molecule has 0 spiro atoms. The van der Waals surface area contributed by atoms with Crippen molar-refractivity contribution in [2.24, 2.45) is 5.73 Å². The molecule has 2 aromatic rings. The number of rotatable bonds is 6. The van der Waals surface area contributed by atoms with Gasteiger partial charge in [-0.1, -0.05) is 0 Å². The number of carbonyl (C=O) groups is 3. The Morgan fingerprint density at radius 1 is 1.00 bits per heavy atom. The molecule has 0 aliphatic rings. The Morgan fingerprint density at radius 2 is 1.45 bits per heavy atom. The molecular formula is C20H24N4O8S. The first kappa shape index (κ1) is 27.1. The predicted octanol–water partition coefficient (Wildman–Crippen LogP) is 0.960. The van der Waals surface area contributed by atoms with Gasteiger partial charge in [0, 0.05) is 19.8 Å². The van der Waals surface area contributed by atoms with Gasteiger partial charge in [-0.2, -0.15) is 8.42 Å². The number of hydrogen-bond donors (Lipinski definition) is 4. The average molecular weight is 480 g/mol. The summed E-state index contributed by atoms with van der Waals surface area (Å²) in [4.78, 5) is 36.8. The average Bonchev–Trinajstić information content (AvgIpc) is 2.71. The molecule has 0 bridgehead atoms. The SMILES string of the molecule is CN(C)C(=O)COC(=O)c1ccc(OC(=O)c2ccc(NC(=N)N)cc2)cc1.CS(=O)(=O)O. The van der Waals surface area contributed by atoms with E-state index in [0.717, 1.165) is 0 Å². The van der Waals surface area contributed by atoms with Gasteiger partial charge < -0.3 is 25.4 Å². The van der Waals surface area contributed by atoms with Gasteiger partial charge in [0.15, 0.2) is 12.6 Å². The third-order valence-electron chi connectivity index (χ3n) is 3.53. The maximum Gasteiger partial charge on any atom is 0.343 e.